The molecule has 0 atom stereocenters. The third-order valence-electron chi connectivity index (χ3n) is 4.32. The van der Waals surface area contributed by atoms with E-state index >= 15 is 0 Å². The summed E-state index contributed by atoms with van der Waals surface area (Å²) in [6.07, 6.45) is 0.600. The Morgan fingerprint density at radius 3 is 1.73 bits per heavy atom. The molecule has 0 aromatic heterocycles. The van der Waals surface area contributed by atoms with Gasteiger partial charge in [0.15, 0.2) is 0 Å². The monoisotopic (exact) mass is 292 g/mol. The summed E-state index contributed by atoms with van der Waals surface area (Å²) in [4.78, 5) is 0. The smallest absolute Gasteiger partial charge is 0.126 e. The van der Waals surface area contributed by atoms with Crippen molar-refractivity contribution in [3.63, 3.8) is 0 Å². The molecule has 0 saturated carbocycles. The summed E-state index contributed by atoms with van der Waals surface area (Å²) >= 11 is 0. The predicted molar refractivity (Wildman–Crippen MR) is 83.8 cm³/mol. The molecule has 0 heterocycles. The molecule has 0 saturated heterocycles. The van der Waals surface area contributed by atoms with Crippen molar-refractivity contribution >= 4 is 0 Å². The fourth-order valence-electron chi connectivity index (χ4n) is 3.44. The first-order valence-corrected chi connectivity index (χ1v) is 7.35. The zero-order valence-corrected chi connectivity index (χ0v) is 11.9. The number of fused-ring (bicyclic) bond motifs is 3. The van der Waals surface area contributed by atoms with E-state index in [0.29, 0.717) is 12.0 Å². The van der Waals surface area contributed by atoms with Crippen LogP contribution in [0.5, 0.6) is 0 Å². The van der Waals surface area contributed by atoms with Gasteiger partial charge in [0.25, 0.3) is 0 Å². The van der Waals surface area contributed by atoms with Crippen LogP contribution in [-0.2, 0) is 6.42 Å². The molecule has 108 valence electrons. The van der Waals surface area contributed by atoms with Crippen molar-refractivity contribution < 1.29 is 8.78 Å². The molecule has 0 N–H and O–H groups in total. The van der Waals surface area contributed by atoms with Gasteiger partial charge in [0, 0.05) is 12.0 Å². The van der Waals surface area contributed by atoms with Crippen LogP contribution in [0, 0.1) is 11.6 Å². The molecule has 1 aliphatic carbocycles. The highest BCUT2D eigenvalue weighted by molar-refractivity contribution is 5.78. The molecule has 0 fully saturated rings. The second kappa shape index (κ2) is 5.06. The maximum Gasteiger partial charge on any atom is 0.126 e. The summed E-state index contributed by atoms with van der Waals surface area (Å²) in [5.74, 6) is -0.891. The average Bonchev–Trinajstić information content (AvgIpc) is 2.81. The Labute approximate surface area is 128 Å². The first-order chi connectivity index (χ1) is 10.7. The number of benzene rings is 3. The summed E-state index contributed by atoms with van der Waals surface area (Å²) < 4.78 is 26.9. The van der Waals surface area contributed by atoms with E-state index in [-0.39, 0.29) is 5.92 Å². The zero-order chi connectivity index (χ0) is 15.1. The van der Waals surface area contributed by atoms with Crippen LogP contribution in [0.3, 0.4) is 0 Å². The molecule has 22 heavy (non-hydrogen) atoms. The fraction of sp³-hybridized carbons (Fsp3) is 0.100. The molecule has 0 aliphatic heterocycles. The van der Waals surface area contributed by atoms with Crippen LogP contribution >= 0.6 is 0 Å². The van der Waals surface area contributed by atoms with Crippen molar-refractivity contribution in [1.29, 1.82) is 0 Å². The van der Waals surface area contributed by atoms with Crippen LogP contribution in [0.1, 0.15) is 22.6 Å². The maximum atomic E-state index is 13.5. The van der Waals surface area contributed by atoms with Gasteiger partial charge in [-0.1, -0.05) is 48.5 Å². The molecule has 3 aromatic rings. The van der Waals surface area contributed by atoms with Crippen LogP contribution in [0.4, 0.5) is 8.78 Å². The van der Waals surface area contributed by atoms with Gasteiger partial charge in [-0.2, -0.15) is 0 Å². The normalized spacial score (nSPS) is 13.0. The van der Waals surface area contributed by atoms with Crippen molar-refractivity contribution in [2.24, 2.45) is 0 Å². The Hall–Kier alpha value is -2.48. The van der Waals surface area contributed by atoms with Crippen LogP contribution in [0.15, 0.2) is 66.7 Å². The molecule has 0 bridgehead atoms. The zero-order valence-electron chi connectivity index (χ0n) is 11.9. The first-order valence-electron chi connectivity index (χ1n) is 7.35. The maximum absolute atomic E-state index is 13.5. The van der Waals surface area contributed by atoms with Gasteiger partial charge in [-0.05, 0) is 46.4 Å². The summed E-state index contributed by atoms with van der Waals surface area (Å²) in [6, 6.07) is 20.3. The molecule has 0 spiro atoms. The SMILES string of the molecule is Fc1cc(F)cc(CC2c3ccccc3-c3ccccc32)c1. The van der Waals surface area contributed by atoms with Gasteiger partial charge < -0.3 is 0 Å². The van der Waals surface area contributed by atoms with E-state index in [4.69, 9.17) is 0 Å². The molecule has 0 unspecified atom stereocenters. The minimum atomic E-state index is -0.519. The van der Waals surface area contributed by atoms with Crippen LogP contribution in [-0.4, -0.2) is 0 Å². The minimum absolute atomic E-state index is 0.147. The third-order valence-corrected chi connectivity index (χ3v) is 4.32. The summed E-state index contributed by atoms with van der Waals surface area (Å²) in [5.41, 5.74) is 5.59. The van der Waals surface area contributed by atoms with Crippen molar-refractivity contribution in [1.82, 2.24) is 0 Å². The molecular weight excluding hydrogens is 278 g/mol. The standard InChI is InChI=1S/C20H14F2/c21-14-9-13(10-15(22)12-14)11-20-18-7-3-1-5-16(18)17-6-2-4-8-19(17)20/h1-10,12,20H,11H2. The molecule has 2 heteroatoms. The molecule has 4 rings (SSSR count). The van der Waals surface area contributed by atoms with Gasteiger partial charge in [-0.3, -0.25) is 0 Å². The van der Waals surface area contributed by atoms with Gasteiger partial charge in [0.1, 0.15) is 11.6 Å². The highest BCUT2D eigenvalue weighted by Crippen LogP contribution is 2.45. The van der Waals surface area contributed by atoms with E-state index in [1.54, 1.807) is 0 Å². The average molecular weight is 292 g/mol. The highest BCUT2D eigenvalue weighted by Gasteiger charge is 2.28. The number of hydrogen-bond acceptors (Lipinski definition) is 0. The molecule has 0 amide bonds. The molecule has 0 radical (unpaired) electrons. The number of hydrogen-bond donors (Lipinski definition) is 0. The van der Waals surface area contributed by atoms with E-state index in [1.807, 2.05) is 24.3 Å². The Morgan fingerprint density at radius 1 is 0.682 bits per heavy atom. The number of halogens is 2. The van der Waals surface area contributed by atoms with E-state index in [9.17, 15) is 8.78 Å². The van der Waals surface area contributed by atoms with Gasteiger partial charge in [0.05, 0.1) is 0 Å². The lowest BCUT2D eigenvalue weighted by Gasteiger charge is -2.14. The Kier molecular flexibility index (Phi) is 3.04. The van der Waals surface area contributed by atoms with Gasteiger partial charge in [0.2, 0.25) is 0 Å². The number of rotatable bonds is 2. The largest absolute Gasteiger partial charge is 0.207 e. The Balaban J connectivity index is 1.81. The lowest BCUT2D eigenvalue weighted by Crippen LogP contribution is -2.02. The highest BCUT2D eigenvalue weighted by atomic mass is 19.1. The summed E-state index contributed by atoms with van der Waals surface area (Å²) in [7, 11) is 0. The molecule has 0 nitrogen and oxygen atoms in total. The van der Waals surface area contributed by atoms with Gasteiger partial charge in [-0.25, -0.2) is 8.78 Å². The summed E-state index contributed by atoms with van der Waals surface area (Å²) in [5, 5.41) is 0. The van der Waals surface area contributed by atoms with Crippen molar-refractivity contribution in [3.8, 4) is 11.1 Å². The van der Waals surface area contributed by atoms with E-state index in [2.05, 4.69) is 24.3 Å². The minimum Gasteiger partial charge on any atom is -0.207 e. The second-order valence-corrected chi connectivity index (χ2v) is 5.71. The van der Waals surface area contributed by atoms with Crippen molar-refractivity contribution in [2.45, 2.75) is 12.3 Å². The van der Waals surface area contributed by atoms with Crippen molar-refractivity contribution in [2.75, 3.05) is 0 Å². The fourth-order valence-corrected chi connectivity index (χ4v) is 3.44. The molecule has 1 aliphatic rings. The van der Waals surface area contributed by atoms with Crippen LogP contribution in [0.2, 0.25) is 0 Å². The van der Waals surface area contributed by atoms with E-state index in [0.717, 1.165) is 6.07 Å². The van der Waals surface area contributed by atoms with Crippen LogP contribution in [0.25, 0.3) is 11.1 Å². The third kappa shape index (κ3) is 2.12. The quantitative estimate of drug-likeness (QED) is 0.599. The predicted octanol–water partition coefficient (Wildman–Crippen LogP) is 5.32. The first kappa shape index (κ1) is 13.2. The van der Waals surface area contributed by atoms with Crippen molar-refractivity contribution in [3.05, 3.63) is 95.1 Å². The topological polar surface area (TPSA) is 0 Å². The van der Waals surface area contributed by atoms with E-state index < -0.39 is 11.6 Å². The lowest BCUT2D eigenvalue weighted by atomic mass is 9.90. The Morgan fingerprint density at radius 2 is 1.18 bits per heavy atom. The molecular formula is C20H14F2. The summed E-state index contributed by atoms with van der Waals surface area (Å²) in [6.45, 7) is 0. The lowest BCUT2D eigenvalue weighted by molar-refractivity contribution is 0.578. The second-order valence-electron chi connectivity index (χ2n) is 5.71. The van der Waals surface area contributed by atoms with E-state index in [1.165, 1.54) is 34.4 Å². The molecule has 3 aromatic carbocycles. The van der Waals surface area contributed by atoms with Gasteiger partial charge in [-0.15, -0.1) is 0 Å². The Bertz CT molecular complexity index is 786. The van der Waals surface area contributed by atoms with Gasteiger partial charge >= 0.3 is 0 Å². The van der Waals surface area contributed by atoms with Crippen LogP contribution < -0.4 is 0 Å².